The van der Waals surface area contributed by atoms with Crippen molar-refractivity contribution in [2.45, 2.75) is 43.6 Å². The summed E-state index contributed by atoms with van der Waals surface area (Å²) in [6, 6.07) is 25.5. The molecule has 4 atom stereocenters. The van der Waals surface area contributed by atoms with E-state index in [0.717, 1.165) is 54.3 Å². The summed E-state index contributed by atoms with van der Waals surface area (Å²) < 4.78 is 6.06. The van der Waals surface area contributed by atoms with Crippen LogP contribution in [0.15, 0.2) is 72.8 Å². The van der Waals surface area contributed by atoms with Gasteiger partial charge in [-0.05, 0) is 60.9 Å². The lowest BCUT2D eigenvalue weighted by molar-refractivity contribution is -0.141. The van der Waals surface area contributed by atoms with Crippen molar-refractivity contribution in [3.05, 3.63) is 100 Å². The molecule has 186 valence electrons. The predicted molar refractivity (Wildman–Crippen MR) is 144 cm³/mol. The highest BCUT2D eigenvalue weighted by atomic mass is 35.5. The first-order valence-electron chi connectivity index (χ1n) is 13.1. The molecule has 0 aliphatic carbocycles. The maximum Gasteiger partial charge on any atom is 0.228 e. The summed E-state index contributed by atoms with van der Waals surface area (Å²) in [6.07, 6.45) is 2.74. The Balaban J connectivity index is 1.35. The van der Waals surface area contributed by atoms with E-state index in [2.05, 4.69) is 70.9 Å². The number of carbonyl (C=O) groups excluding carboxylic acids is 1. The summed E-state index contributed by atoms with van der Waals surface area (Å²) in [5, 5.41) is 4.31. The minimum absolute atomic E-state index is 0.0659. The minimum atomic E-state index is -0.292. The van der Waals surface area contributed by atoms with E-state index in [1.807, 2.05) is 19.1 Å². The molecular weight excluding hydrogens is 468 g/mol. The molecular formula is C31H33ClN2O2. The molecule has 1 amide bonds. The van der Waals surface area contributed by atoms with Gasteiger partial charge < -0.3 is 15.0 Å². The van der Waals surface area contributed by atoms with Gasteiger partial charge in [0.1, 0.15) is 5.75 Å². The number of ether oxygens (including phenoxy) is 1. The van der Waals surface area contributed by atoms with E-state index >= 15 is 0 Å². The lowest BCUT2D eigenvalue weighted by Crippen LogP contribution is -2.50. The second-order valence-electron chi connectivity index (χ2n) is 10.6. The molecule has 0 radical (unpaired) electrons. The third-order valence-corrected chi connectivity index (χ3v) is 9.11. The van der Waals surface area contributed by atoms with Crippen LogP contribution in [0.1, 0.15) is 53.5 Å². The van der Waals surface area contributed by atoms with Gasteiger partial charge in [-0.15, -0.1) is 0 Å². The quantitative estimate of drug-likeness (QED) is 0.477. The second kappa shape index (κ2) is 9.57. The Hall–Kier alpha value is -2.82. The number of amides is 1. The molecule has 4 nitrogen and oxygen atoms in total. The smallest absolute Gasteiger partial charge is 0.228 e. The molecule has 3 aromatic carbocycles. The van der Waals surface area contributed by atoms with Crippen molar-refractivity contribution in [1.29, 1.82) is 0 Å². The van der Waals surface area contributed by atoms with E-state index in [1.165, 1.54) is 11.1 Å². The van der Waals surface area contributed by atoms with Crippen molar-refractivity contribution in [2.24, 2.45) is 5.92 Å². The zero-order chi connectivity index (χ0) is 24.7. The molecule has 5 heteroatoms. The molecule has 0 aromatic heterocycles. The van der Waals surface area contributed by atoms with Crippen LogP contribution in [0.2, 0.25) is 5.02 Å². The summed E-state index contributed by atoms with van der Waals surface area (Å²) in [5.41, 5.74) is 4.39. The highest BCUT2D eigenvalue weighted by Crippen LogP contribution is 2.49. The van der Waals surface area contributed by atoms with E-state index in [4.69, 9.17) is 16.3 Å². The van der Waals surface area contributed by atoms with Crippen LogP contribution in [0, 0.1) is 12.8 Å². The van der Waals surface area contributed by atoms with Gasteiger partial charge in [0, 0.05) is 35.6 Å². The third-order valence-electron chi connectivity index (χ3n) is 8.70. The SMILES string of the molecule is Cc1cc2c(cc1Cl)[C@]1(CCO2)CNCC1C(=O)N1CC[C@@H](c2ccccc2)C[C@H]1c1ccccc1. The van der Waals surface area contributed by atoms with Crippen molar-refractivity contribution >= 4 is 17.5 Å². The highest BCUT2D eigenvalue weighted by Gasteiger charge is 2.53. The van der Waals surface area contributed by atoms with Crippen LogP contribution in [-0.2, 0) is 10.2 Å². The van der Waals surface area contributed by atoms with Crippen LogP contribution < -0.4 is 10.1 Å². The monoisotopic (exact) mass is 500 g/mol. The van der Waals surface area contributed by atoms with Crippen LogP contribution in [0.5, 0.6) is 5.75 Å². The number of fused-ring (bicyclic) bond motifs is 2. The van der Waals surface area contributed by atoms with E-state index < -0.39 is 0 Å². The van der Waals surface area contributed by atoms with E-state index in [-0.39, 0.29) is 23.3 Å². The number of hydrogen-bond donors (Lipinski definition) is 1. The van der Waals surface area contributed by atoms with Crippen LogP contribution in [-0.4, -0.2) is 37.0 Å². The Kier molecular flexibility index (Phi) is 6.27. The van der Waals surface area contributed by atoms with Crippen molar-refractivity contribution in [1.82, 2.24) is 10.2 Å². The molecule has 3 aliphatic heterocycles. The second-order valence-corrected chi connectivity index (χ2v) is 11.0. The predicted octanol–water partition coefficient (Wildman–Crippen LogP) is 6.04. The van der Waals surface area contributed by atoms with Crippen molar-refractivity contribution < 1.29 is 9.53 Å². The molecule has 3 aromatic rings. The van der Waals surface area contributed by atoms with Crippen LogP contribution in [0.4, 0.5) is 0 Å². The maximum absolute atomic E-state index is 14.5. The number of hydrogen-bond acceptors (Lipinski definition) is 3. The first kappa shape index (κ1) is 23.6. The van der Waals surface area contributed by atoms with E-state index in [1.54, 1.807) is 0 Å². The lowest BCUT2D eigenvalue weighted by atomic mass is 9.68. The average molecular weight is 501 g/mol. The number of benzene rings is 3. The normalized spacial score (nSPS) is 27.5. The zero-order valence-corrected chi connectivity index (χ0v) is 21.5. The number of nitrogens with zero attached hydrogens (tertiary/aromatic N) is 1. The minimum Gasteiger partial charge on any atom is -0.493 e. The lowest BCUT2D eigenvalue weighted by Gasteiger charge is -2.45. The Morgan fingerprint density at radius 1 is 1.06 bits per heavy atom. The fourth-order valence-electron chi connectivity index (χ4n) is 6.72. The Labute approximate surface area is 218 Å². The number of aryl methyl sites for hydroxylation is 1. The number of carbonyl (C=O) groups is 1. The van der Waals surface area contributed by atoms with Gasteiger partial charge in [-0.2, -0.15) is 0 Å². The van der Waals surface area contributed by atoms with E-state index in [0.29, 0.717) is 19.1 Å². The van der Waals surface area contributed by atoms with Gasteiger partial charge in [0.25, 0.3) is 0 Å². The van der Waals surface area contributed by atoms with Gasteiger partial charge >= 0.3 is 0 Å². The molecule has 2 saturated heterocycles. The van der Waals surface area contributed by atoms with Gasteiger partial charge in [-0.3, -0.25) is 4.79 Å². The standard InChI is InChI=1S/C31H33ClN2O2/c1-21-16-29-25(18-27(21)32)31(13-15-36-29)20-33-19-26(31)30(35)34-14-12-24(22-8-4-2-5-9-22)17-28(34)23-10-6-3-7-11-23/h2-11,16,18,24,26,28,33H,12-15,17,19-20H2,1H3/t24-,26?,28+,31+/m1/s1. The number of likely N-dealkylation sites (tertiary alicyclic amines) is 1. The van der Waals surface area contributed by atoms with Gasteiger partial charge in [-0.25, -0.2) is 0 Å². The van der Waals surface area contributed by atoms with Gasteiger partial charge in [0.2, 0.25) is 5.91 Å². The number of rotatable bonds is 3. The van der Waals surface area contributed by atoms with Crippen molar-refractivity contribution in [2.75, 3.05) is 26.2 Å². The van der Waals surface area contributed by atoms with Gasteiger partial charge in [-0.1, -0.05) is 72.3 Å². The summed E-state index contributed by atoms with van der Waals surface area (Å²) in [7, 11) is 0. The molecule has 1 spiro atoms. The van der Waals surface area contributed by atoms with Crippen LogP contribution in [0.3, 0.4) is 0 Å². The Bertz CT molecular complexity index is 1250. The largest absolute Gasteiger partial charge is 0.493 e. The van der Waals surface area contributed by atoms with Crippen LogP contribution in [0.25, 0.3) is 0 Å². The Morgan fingerprint density at radius 2 is 1.78 bits per heavy atom. The number of halogens is 1. The summed E-state index contributed by atoms with van der Waals surface area (Å²) in [5.74, 6) is 1.44. The number of piperidine rings is 1. The van der Waals surface area contributed by atoms with Crippen molar-refractivity contribution in [3.8, 4) is 5.75 Å². The van der Waals surface area contributed by atoms with E-state index in [9.17, 15) is 4.79 Å². The van der Waals surface area contributed by atoms with Crippen molar-refractivity contribution in [3.63, 3.8) is 0 Å². The Morgan fingerprint density at radius 3 is 2.53 bits per heavy atom. The fraction of sp³-hybridized carbons (Fsp3) is 0.387. The molecule has 6 rings (SSSR count). The van der Waals surface area contributed by atoms with Gasteiger partial charge in [0.15, 0.2) is 0 Å². The maximum atomic E-state index is 14.5. The first-order chi connectivity index (χ1) is 17.6. The molecule has 1 N–H and O–H groups in total. The fourth-order valence-corrected chi connectivity index (χ4v) is 6.88. The first-order valence-corrected chi connectivity index (χ1v) is 13.5. The molecule has 3 aliphatic rings. The average Bonchev–Trinajstić information content (AvgIpc) is 3.34. The molecule has 2 fully saturated rings. The molecule has 0 saturated carbocycles. The van der Waals surface area contributed by atoms with Gasteiger partial charge in [0.05, 0.1) is 18.6 Å². The summed E-state index contributed by atoms with van der Waals surface area (Å²) in [4.78, 5) is 16.7. The third kappa shape index (κ3) is 4.01. The highest BCUT2D eigenvalue weighted by molar-refractivity contribution is 6.31. The molecule has 1 unspecified atom stereocenters. The summed E-state index contributed by atoms with van der Waals surface area (Å²) >= 11 is 6.59. The van der Waals surface area contributed by atoms with Crippen LogP contribution >= 0.6 is 11.6 Å². The topological polar surface area (TPSA) is 41.6 Å². The molecule has 0 bridgehead atoms. The molecule has 3 heterocycles. The number of nitrogens with one attached hydrogen (secondary N) is 1. The molecule has 36 heavy (non-hydrogen) atoms. The zero-order valence-electron chi connectivity index (χ0n) is 20.8. The summed E-state index contributed by atoms with van der Waals surface area (Å²) in [6.45, 7) is 4.85.